The van der Waals surface area contributed by atoms with Crippen molar-refractivity contribution in [3.8, 4) is 0 Å². The molecule has 1 aromatic heterocycles. The second-order valence-corrected chi connectivity index (χ2v) is 5.38. The Morgan fingerprint density at radius 3 is 2.71 bits per heavy atom. The quantitative estimate of drug-likeness (QED) is 0.690. The molecular formula is C17H15N3O. The van der Waals surface area contributed by atoms with Crippen LogP contribution in [0.2, 0.25) is 0 Å². The molecule has 1 aliphatic rings. The fraction of sp³-hybridized carbons (Fsp3) is 0.176. The lowest BCUT2D eigenvalue weighted by Gasteiger charge is -2.04. The van der Waals surface area contributed by atoms with Gasteiger partial charge in [-0.15, -0.1) is 5.10 Å². The van der Waals surface area contributed by atoms with Crippen molar-refractivity contribution in [2.75, 3.05) is 0 Å². The molecule has 2 aromatic carbocycles. The van der Waals surface area contributed by atoms with Crippen LogP contribution in [0.15, 0.2) is 60.7 Å². The maximum Gasteiger partial charge on any atom is 0.121 e. The Bertz CT molecular complexity index is 809. The summed E-state index contributed by atoms with van der Waals surface area (Å²) in [6, 6.07) is 18.2. The van der Waals surface area contributed by atoms with Gasteiger partial charge in [0.15, 0.2) is 0 Å². The molecule has 0 radical (unpaired) electrons. The average molecular weight is 277 g/mol. The minimum atomic E-state index is -0.228. The molecule has 2 atom stereocenters. The second-order valence-electron chi connectivity index (χ2n) is 5.38. The standard InChI is InChI=1S/C17H15N3O/c1-17(13-7-3-2-4-8-13)16(21-17)11-12-20-15-10-6-5-9-14(15)18-19-20/h2-12,16H,1H3/b12-11+. The molecule has 0 spiro atoms. The monoisotopic (exact) mass is 277 g/mol. The molecule has 21 heavy (non-hydrogen) atoms. The lowest BCUT2D eigenvalue weighted by Crippen LogP contribution is -2.05. The van der Waals surface area contributed by atoms with Crippen LogP contribution in [0.1, 0.15) is 12.5 Å². The maximum atomic E-state index is 5.85. The second kappa shape index (κ2) is 4.53. The van der Waals surface area contributed by atoms with Crippen LogP contribution < -0.4 is 0 Å². The maximum absolute atomic E-state index is 5.85. The first-order valence-electron chi connectivity index (χ1n) is 6.99. The third-order valence-electron chi connectivity index (χ3n) is 3.98. The van der Waals surface area contributed by atoms with Crippen LogP contribution in [0.25, 0.3) is 17.2 Å². The van der Waals surface area contributed by atoms with Crippen molar-refractivity contribution < 1.29 is 4.74 Å². The van der Waals surface area contributed by atoms with Gasteiger partial charge in [0.25, 0.3) is 0 Å². The van der Waals surface area contributed by atoms with Crippen molar-refractivity contribution in [2.45, 2.75) is 18.6 Å². The van der Waals surface area contributed by atoms with E-state index >= 15 is 0 Å². The predicted molar refractivity (Wildman–Crippen MR) is 81.5 cm³/mol. The Hall–Kier alpha value is -2.46. The molecule has 1 fully saturated rings. The number of rotatable bonds is 3. The van der Waals surface area contributed by atoms with E-state index in [0.717, 1.165) is 11.0 Å². The van der Waals surface area contributed by atoms with Crippen LogP contribution in [-0.4, -0.2) is 21.1 Å². The number of hydrogen-bond acceptors (Lipinski definition) is 3. The number of nitrogens with zero attached hydrogens (tertiary/aromatic N) is 3. The number of para-hydroxylation sites is 1. The molecule has 3 aromatic rings. The van der Waals surface area contributed by atoms with E-state index in [1.807, 2.05) is 54.7 Å². The predicted octanol–water partition coefficient (Wildman–Crippen LogP) is 3.22. The molecule has 1 saturated heterocycles. The molecule has 0 aliphatic carbocycles. The Balaban J connectivity index is 1.58. The summed E-state index contributed by atoms with van der Waals surface area (Å²) in [4.78, 5) is 0. The van der Waals surface area contributed by atoms with E-state index in [0.29, 0.717) is 0 Å². The molecule has 104 valence electrons. The van der Waals surface area contributed by atoms with Gasteiger partial charge in [-0.25, -0.2) is 4.68 Å². The third kappa shape index (κ3) is 2.04. The summed E-state index contributed by atoms with van der Waals surface area (Å²) in [5, 5.41) is 8.27. The van der Waals surface area contributed by atoms with Gasteiger partial charge in [-0.1, -0.05) is 47.7 Å². The molecular weight excluding hydrogens is 262 g/mol. The normalized spacial score (nSPS) is 24.7. The summed E-state index contributed by atoms with van der Waals surface area (Å²) >= 11 is 0. The average Bonchev–Trinajstić information content (AvgIpc) is 3.04. The van der Waals surface area contributed by atoms with Crippen molar-refractivity contribution in [2.24, 2.45) is 0 Å². The lowest BCUT2D eigenvalue weighted by molar-refractivity contribution is 0.320. The summed E-state index contributed by atoms with van der Waals surface area (Å²) in [6.45, 7) is 2.11. The minimum Gasteiger partial charge on any atom is -0.357 e. The molecule has 4 heteroatoms. The van der Waals surface area contributed by atoms with Crippen molar-refractivity contribution in [1.82, 2.24) is 15.0 Å². The van der Waals surface area contributed by atoms with Gasteiger partial charge < -0.3 is 4.74 Å². The molecule has 4 nitrogen and oxygen atoms in total. The van der Waals surface area contributed by atoms with Gasteiger partial charge in [0.05, 0.1) is 5.52 Å². The number of aromatic nitrogens is 3. The van der Waals surface area contributed by atoms with E-state index in [-0.39, 0.29) is 11.7 Å². The Kier molecular flexibility index (Phi) is 2.65. The number of fused-ring (bicyclic) bond motifs is 1. The van der Waals surface area contributed by atoms with Gasteiger partial charge in [-0.05, 0) is 30.7 Å². The van der Waals surface area contributed by atoms with Crippen LogP contribution in [0.3, 0.4) is 0 Å². The molecule has 0 saturated carbocycles. The molecule has 0 amide bonds. The highest BCUT2D eigenvalue weighted by Crippen LogP contribution is 2.46. The van der Waals surface area contributed by atoms with Gasteiger partial charge in [-0.3, -0.25) is 0 Å². The first-order valence-corrected chi connectivity index (χ1v) is 6.99. The fourth-order valence-electron chi connectivity index (χ4n) is 2.61. The summed E-state index contributed by atoms with van der Waals surface area (Å²) in [5.41, 5.74) is 2.86. The summed E-state index contributed by atoms with van der Waals surface area (Å²) in [7, 11) is 0. The first kappa shape index (κ1) is 12.3. The zero-order valence-corrected chi connectivity index (χ0v) is 11.7. The summed E-state index contributed by atoms with van der Waals surface area (Å²) in [6.07, 6.45) is 4.03. The smallest absolute Gasteiger partial charge is 0.121 e. The lowest BCUT2D eigenvalue weighted by atomic mass is 9.97. The van der Waals surface area contributed by atoms with E-state index in [1.54, 1.807) is 4.68 Å². The van der Waals surface area contributed by atoms with E-state index in [9.17, 15) is 0 Å². The summed E-state index contributed by atoms with van der Waals surface area (Å²) < 4.78 is 7.63. The van der Waals surface area contributed by atoms with E-state index in [1.165, 1.54) is 5.56 Å². The Morgan fingerprint density at radius 2 is 1.86 bits per heavy atom. The molecule has 2 heterocycles. The van der Waals surface area contributed by atoms with Crippen LogP contribution in [0, 0.1) is 0 Å². The van der Waals surface area contributed by atoms with Crippen LogP contribution in [0.5, 0.6) is 0 Å². The molecule has 1 aliphatic heterocycles. The molecule has 4 rings (SSSR count). The van der Waals surface area contributed by atoms with E-state index < -0.39 is 0 Å². The SMILES string of the molecule is CC1(c2ccccc2)OC1/C=C/n1nnc2ccccc21. The number of hydrogen-bond donors (Lipinski definition) is 0. The van der Waals surface area contributed by atoms with E-state index in [2.05, 4.69) is 29.4 Å². The van der Waals surface area contributed by atoms with Crippen LogP contribution in [0.4, 0.5) is 0 Å². The van der Waals surface area contributed by atoms with Crippen molar-refractivity contribution in [3.05, 3.63) is 66.2 Å². The highest BCUT2D eigenvalue weighted by molar-refractivity contribution is 5.75. The number of benzene rings is 2. The van der Waals surface area contributed by atoms with Gasteiger partial charge in [0.1, 0.15) is 17.2 Å². The van der Waals surface area contributed by atoms with Gasteiger partial charge in [0.2, 0.25) is 0 Å². The molecule has 0 bridgehead atoms. The zero-order valence-electron chi connectivity index (χ0n) is 11.7. The number of epoxide rings is 1. The third-order valence-corrected chi connectivity index (χ3v) is 3.98. The Labute approximate surface area is 122 Å². The first-order chi connectivity index (χ1) is 10.3. The van der Waals surface area contributed by atoms with Gasteiger partial charge >= 0.3 is 0 Å². The minimum absolute atomic E-state index is 0.0721. The largest absolute Gasteiger partial charge is 0.357 e. The molecule has 0 N–H and O–H groups in total. The van der Waals surface area contributed by atoms with Crippen LogP contribution in [-0.2, 0) is 10.3 Å². The van der Waals surface area contributed by atoms with Crippen LogP contribution >= 0.6 is 0 Å². The number of ether oxygens (including phenoxy) is 1. The molecule has 2 unspecified atom stereocenters. The van der Waals surface area contributed by atoms with Crippen molar-refractivity contribution in [3.63, 3.8) is 0 Å². The Morgan fingerprint density at radius 1 is 1.10 bits per heavy atom. The highest BCUT2D eigenvalue weighted by atomic mass is 16.6. The topological polar surface area (TPSA) is 43.2 Å². The zero-order chi connectivity index (χ0) is 14.3. The van der Waals surface area contributed by atoms with Gasteiger partial charge in [0, 0.05) is 6.20 Å². The van der Waals surface area contributed by atoms with E-state index in [4.69, 9.17) is 4.74 Å². The highest BCUT2D eigenvalue weighted by Gasteiger charge is 2.51. The fourth-order valence-corrected chi connectivity index (χ4v) is 2.61. The summed E-state index contributed by atoms with van der Waals surface area (Å²) in [5.74, 6) is 0. The van der Waals surface area contributed by atoms with Gasteiger partial charge in [-0.2, -0.15) is 0 Å². The van der Waals surface area contributed by atoms with Crippen molar-refractivity contribution in [1.29, 1.82) is 0 Å². The van der Waals surface area contributed by atoms with Crippen molar-refractivity contribution >= 4 is 17.2 Å².